The van der Waals surface area contributed by atoms with E-state index >= 15 is 14.4 Å². The molecule has 5 aromatic rings. The van der Waals surface area contributed by atoms with E-state index in [1.165, 1.54) is 56.7 Å². The molecule has 0 saturated carbocycles. The summed E-state index contributed by atoms with van der Waals surface area (Å²) in [4.78, 5) is 154. The van der Waals surface area contributed by atoms with Crippen molar-refractivity contribution in [2.24, 2.45) is 23.3 Å². The Morgan fingerprint density at radius 2 is 0.878 bits per heavy atom. The summed E-state index contributed by atoms with van der Waals surface area (Å²) in [6.07, 6.45) is 4.08. The molecule has 98 heavy (non-hydrogen) atoms. The fraction of sp³-hybridized carbons (Fsp3) is 0.479. The summed E-state index contributed by atoms with van der Waals surface area (Å²) in [6, 6.07) is 14.0. The molecule has 1 aliphatic carbocycles. The van der Waals surface area contributed by atoms with Crippen LogP contribution in [0.2, 0.25) is 0 Å². The van der Waals surface area contributed by atoms with Crippen LogP contribution in [-0.2, 0) is 57.6 Å². The monoisotopic (exact) mass is 1380 g/mol. The molecule has 9 atom stereocenters. The lowest BCUT2D eigenvalue weighted by atomic mass is 9.96. The molecule has 23 nitrogen and oxygen atoms in total. The number of thiophene rings is 2. The molecule has 4 bridgehead atoms. The van der Waals surface area contributed by atoms with Crippen molar-refractivity contribution in [3.05, 3.63) is 138 Å². The van der Waals surface area contributed by atoms with Gasteiger partial charge >= 0.3 is 0 Å². The number of aryl methyl sites for hydroxylation is 2. The first-order valence-electron chi connectivity index (χ1n) is 34.1. The molecule has 25 heteroatoms. The van der Waals surface area contributed by atoms with Gasteiger partial charge in [0.15, 0.2) is 5.78 Å². The number of rotatable bonds is 14. The van der Waals surface area contributed by atoms with Gasteiger partial charge in [-0.1, -0.05) is 82.3 Å². The van der Waals surface area contributed by atoms with Crippen LogP contribution in [0, 0.1) is 25.7 Å². The summed E-state index contributed by atoms with van der Waals surface area (Å²) in [5.74, 6) is -7.26. The van der Waals surface area contributed by atoms with E-state index in [9.17, 15) is 43.8 Å². The summed E-state index contributed by atoms with van der Waals surface area (Å²) in [5, 5.41) is 40.7. The summed E-state index contributed by atoms with van der Waals surface area (Å²) in [5.41, 5.74) is 17.6. The van der Waals surface area contributed by atoms with Gasteiger partial charge in [-0.3, -0.25) is 47.9 Å². The predicted octanol–water partition coefficient (Wildman–Crippen LogP) is 5.64. The molecule has 2 fully saturated rings. The van der Waals surface area contributed by atoms with E-state index in [0.717, 1.165) is 38.4 Å². The minimum absolute atomic E-state index is 0.00938. The van der Waals surface area contributed by atoms with Crippen LogP contribution >= 0.6 is 22.7 Å². The highest BCUT2D eigenvalue weighted by Gasteiger charge is 2.43. The summed E-state index contributed by atoms with van der Waals surface area (Å²) >= 11 is 2.62. The number of carbonyl (C=O) groups is 10. The second-order valence-electron chi connectivity index (χ2n) is 26.7. The number of hydrogen-bond donors (Lipinski definition) is 11. The molecule has 3 aliphatic heterocycles. The largest absolute Gasteiger partial charge is 0.508 e. The van der Waals surface area contributed by atoms with Crippen LogP contribution < -0.4 is 48.7 Å². The molecular weight excluding hydrogens is 1290 g/mol. The van der Waals surface area contributed by atoms with Crippen molar-refractivity contribution in [1.29, 1.82) is 0 Å². The Hall–Kier alpha value is -8.78. The standard InChI is InChI=1S/C73H93N11O12S2/c1-40(2)62-70(93)77-54(20-12-32-75)66(89)79-57(37-46-25-29-48(86)30-26-46)72(95)83-33-13-21-58(83)64(87)60-38-51(42(5)97-60)49-17-10-18-50(49)52-39-61(98-43(52)6)69(92)82-63(41(3)4)71(94)76-53(19-11-31-74)65(88)78-55(35-45-23-27-47(85)28-24-45)67(90)80-56(36-44-15-8-7-9-16-44)73(96)84-34-14-22-59(84)68(91)81-62/h7-9,15-16,23-30,38-41,53-59,62-63,85-86H,10-14,17-22,31-37,74-75H2,1-6H3,(H,76,94)(H,77,93)(H,78,88)(H,79,89)(H,80,90)(H,81,91)(H,82,92)/t53-,54-,55-,56+,57-,58+,59-,62-,63-/m0/s1. The molecule has 0 spiro atoms. The number of allylic oxidation sites excluding steroid dienone is 2. The highest BCUT2D eigenvalue weighted by atomic mass is 32.1. The predicted molar refractivity (Wildman–Crippen MR) is 375 cm³/mol. The van der Waals surface area contributed by atoms with Crippen LogP contribution in [0.3, 0.4) is 0 Å². The van der Waals surface area contributed by atoms with Crippen LogP contribution in [0.4, 0.5) is 0 Å². The third kappa shape index (κ3) is 18.1. The highest BCUT2D eigenvalue weighted by molar-refractivity contribution is 7.14. The van der Waals surface area contributed by atoms with E-state index in [2.05, 4.69) is 37.2 Å². The van der Waals surface area contributed by atoms with Crippen molar-refractivity contribution in [2.45, 2.75) is 186 Å². The molecule has 3 aromatic carbocycles. The number of carbonyl (C=O) groups excluding carboxylic acids is 10. The molecule has 0 radical (unpaired) electrons. The zero-order chi connectivity index (χ0) is 70.5. The fourth-order valence-electron chi connectivity index (χ4n) is 13.6. The zero-order valence-electron chi connectivity index (χ0n) is 56.6. The maximum absolute atomic E-state index is 15.2. The van der Waals surface area contributed by atoms with Crippen molar-refractivity contribution in [2.75, 3.05) is 26.2 Å². The number of fused-ring (bicyclic) bond motifs is 8. The average Bonchev–Trinajstić information content (AvgIpc) is 1.62. The Balaban J connectivity index is 1.09. The Morgan fingerprint density at radius 1 is 0.469 bits per heavy atom. The number of nitrogens with one attached hydrogen (secondary N) is 7. The smallest absolute Gasteiger partial charge is 0.262 e. The molecule has 13 N–H and O–H groups in total. The molecule has 5 heterocycles. The minimum atomic E-state index is -1.39. The number of hydrogen-bond acceptors (Lipinski definition) is 16. The second kappa shape index (κ2) is 33.7. The first-order valence-corrected chi connectivity index (χ1v) is 35.8. The summed E-state index contributed by atoms with van der Waals surface area (Å²) in [6.45, 7) is 11.5. The highest BCUT2D eigenvalue weighted by Crippen LogP contribution is 2.45. The Bertz CT molecular complexity index is 3760. The van der Waals surface area contributed by atoms with Gasteiger partial charge in [-0.15, -0.1) is 22.7 Å². The van der Waals surface area contributed by atoms with E-state index in [0.29, 0.717) is 58.5 Å². The second-order valence-corrected chi connectivity index (χ2v) is 29.3. The first-order chi connectivity index (χ1) is 46.9. The quantitative estimate of drug-likeness (QED) is 0.0642. The van der Waals surface area contributed by atoms with E-state index < -0.39 is 119 Å². The van der Waals surface area contributed by atoms with E-state index in [4.69, 9.17) is 11.5 Å². The lowest BCUT2D eigenvalue weighted by Gasteiger charge is -2.32. The third-order valence-electron chi connectivity index (χ3n) is 18.9. The van der Waals surface area contributed by atoms with Gasteiger partial charge in [0.25, 0.3) is 5.91 Å². The Labute approximate surface area is 580 Å². The maximum Gasteiger partial charge on any atom is 0.262 e. The van der Waals surface area contributed by atoms with E-state index in [1.807, 2.05) is 26.0 Å². The third-order valence-corrected chi connectivity index (χ3v) is 21.0. The number of Topliss-reactive ketones (excluding diaryl/α,β-unsaturated/α-hetero) is 1. The number of ketones is 1. The summed E-state index contributed by atoms with van der Waals surface area (Å²) < 4.78 is 0. The SMILES string of the molecule is Cc1sc2cc1C1=C(CCC1)c1cc(sc1C)C(=O)[C@H]1CCCN1C(=O)[C@H](Cc1ccc(O)cc1)NC(=O)[C@H](CCCN)NC(=O)[C@H](C(C)C)NC(=O)[C@@H]1CCCN1C(=O)[C@@H](Cc1ccccc1)NC(=O)[C@H](Cc1ccc(O)cc1)NC(=O)[C@H](CCCN)NC(=O)[C@H](C(C)C)NC2=O. The molecule has 2 aromatic heterocycles. The number of nitrogens with two attached hydrogens (primary N) is 2. The van der Waals surface area contributed by atoms with Gasteiger partial charge in [-0.25, -0.2) is 0 Å². The van der Waals surface area contributed by atoms with Gasteiger partial charge < -0.3 is 68.7 Å². The molecule has 9 amide bonds. The lowest BCUT2D eigenvalue weighted by molar-refractivity contribution is -0.143. The topological polar surface area (TPSA) is 354 Å². The van der Waals surface area contributed by atoms with Gasteiger partial charge in [0.1, 0.15) is 59.8 Å². The van der Waals surface area contributed by atoms with Crippen LogP contribution in [-0.4, -0.2) is 160 Å². The van der Waals surface area contributed by atoms with Gasteiger partial charge in [-0.05, 0) is 185 Å². The zero-order valence-corrected chi connectivity index (χ0v) is 58.2. The van der Waals surface area contributed by atoms with Crippen LogP contribution in [0.1, 0.15) is 155 Å². The molecule has 9 rings (SSSR count). The van der Waals surface area contributed by atoms with Crippen molar-refractivity contribution < 1.29 is 58.2 Å². The van der Waals surface area contributed by atoms with Gasteiger partial charge in [-0.2, -0.15) is 0 Å². The number of aromatic hydroxyl groups is 2. The van der Waals surface area contributed by atoms with Gasteiger partial charge in [0.05, 0.1) is 15.8 Å². The first kappa shape index (κ1) is 73.5. The molecule has 2 saturated heterocycles. The number of phenols is 2. The van der Waals surface area contributed by atoms with Gasteiger partial charge in [0.2, 0.25) is 47.3 Å². The number of benzene rings is 3. The van der Waals surface area contributed by atoms with Crippen molar-refractivity contribution >= 4 is 92.8 Å². The normalized spacial score (nSPS) is 24.0. The number of nitrogens with zero attached hydrogens (tertiary/aromatic N) is 2. The van der Waals surface area contributed by atoms with Gasteiger partial charge in [0, 0.05) is 42.1 Å². The van der Waals surface area contributed by atoms with Crippen LogP contribution in [0.15, 0.2) is 91.0 Å². The van der Waals surface area contributed by atoms with Crippen LogP contribution in [0.25, 0.3) is 11.1 Å². The van der Waals surface area contributed by atoms with Crippen LogP contribution in [0.5, 0.6) is 11.5 Å². The molecule has 0 unspecified atom stereocenters. The maximum atomic E-state index is 15.2. The lowest BCUT2D eigenvalue weighted by Crippen LogP contribution is -2.61. The molecule has 524 valence electrons. The van der Waals surface area contributed by atoms with Crippen molar-refractivity contribution in [3.8, 4) is 11.5 Å². The summed E-state index contributed by atoms with van der Waals surface area (Å²) in [7, 11) is 0. The average molecular weight is 1380 g/mol. The Kier molecular flexibility index (Phi) is 25.2. The van der Waals surface area contributed by atoms with E-state index in [1.54, 1.807) is 82.3 Å². The minimum Gasteiger partial charge on any atom is -0.508 e. The molecular formula is C73H93N11O12S2. The fourth-order valence-corrected chi connectivity index (χ4v) is 15.5. The van der Waals surface area contributed by atoms with Crippen molar-refractivity contribution in [1.82, 2.24) is 47.0 Å². The van der Waals surface area contributed by atoms with Crippen molar-refractivity contribution in [3.63, 3.8) is 0 Å². The molecule has 4 aliphatic rings. The Morgan fingerprint density at radius 3 is 1.37 bits per heavy atom. The van der Waals surface area contributed by atoms with E-state index in [-0.39, 0.29) is 94.8 Å². The number of phenolic OH excluding ortho intramolecular Hbond substituents is 2. The number of amides is 9.